The average Bonchev–Trinajstić information content (AvgIpc) is 3.05. The molecule has 1 aliphatic rings. The lowest BCUT2D eigenvalue weighted by atomic mass is 10.1. The summed E-state index contributed by atoms with van der Waals surface area (Å²) in [5.41, 5.74) is 0.595. The fourth-order valence-electron chi connectivity index (χ4n) is 2.65. The molecule has 1 amide bonds. The number of amides is 1. The second-order valence-corrected chi connectivity index (χ2v) is 5.80. The number of aromatic nitrogens is 1. The molecular formula is C16H17Cl3N2O4. The van der Waals surface area contributed by atoms with Crippen LogP contribution in [0.5, 0.6) is 5.75 Å². The maximum atomic E-state index is 12.2. The van der Waals surface area contributed by atoms with Gasteiger partial charge in [0, 0.05) is 24.7 Å². The number of carboxylic acid groups (broad SMARTS) is 1. The minimum Gasteiger partial charge on any atom is -0.481 e. The molecule has 0 saturated carbocycles. The van der Waals surface area contributed by atoms with E-state index in [1.165, 1.54) is 4.90 Å². The molecule has 1 fully saturated rings. The molecule has 3 rings (SSSR count). The van der Waals surface area contributed by atoms with E-state index in [1.54, 1.807) is 24.4 Å². The predicted molar refractivity (Wildman–Crippen MR) is 99.1 cm³/mol. The molecule has 0 spiro atoms. The highest BCUT2D eigenvalue weighted by molar-refractivity contribution is 6.35. The number of carbonyl (C=O) groups is 2. The van der Waals surface area contributed by atoms with Crippen molar-refractivity contribution in [3.63, 3.8) is 0 Å². The van der Waals surface area contributed by atoms with Crippen LogP contribution in [0.25, 0.3) is 10.9 Å². The molecule has 1 aromatic heterocycles. The maximum absolute atomic E-state index is 12.2. The van der Waals surface area contributed by atoms with Gasteiger partial charge in [-0.1, -0.05) is 11.6 Å². The summed E-state index contributed by atoms with van der Waals surface area (Å²) in [6, 6.07) is 6.98. The third-order valence-electron chi connectivity index (χ3n) is 3.92. The van der Waals surface area contributed by atoms with Crippen LogP contribution in [0.15, 0.2) is 30.5 Å². The molecule has 9 heteroatoms. The molecule has 1 saturated heterocycles. The number of fused-ring (bicyclic) bond motifs is 1. The van der Waals surface area contributed by atoms with Gasteiger partial charge >= 0.3 is 5.97 Å². The predicted octanol–water partition coefficient (Wildman–Crippen LogP) is 3.04. The molecule has 136 valence electrons. The summed E-state index contributed by atoms with van der Waals surface area (Å²) in [7, 11) is 0. The van der Waals surface area contributed by atoms with Crippen molar-refractivity contribution in [2.45, 2.75) is 6.42 Å². The lowest BCUT2D eigenvalue weighted by molar-refractivity contribution is -0.141. The van der Waals surface area contributed by atoms with Gasteiger partial charge in [0.15, 0.2) is 6.61 Å². The van der Waals surface area contributed by atoms with Gasteiger partial charge in [-0.2, -0.15) is 0 Å². The van der Waals surface area contributed by atoms with Crippen LogP contribution in [0.1, 0.15) is 6.42 Å². The number of nitrogens with zero attached hydrogens (tertiary/aromatic N) is 2. The normalized spacial score (nSPS) is 16.0. The van der Waals surface area contributed by atoms with Crippen LogP contribution in [0.4, 0.5) is 0 Å². The SMILES string of the molecule is Cl.Cl.O=C(O)C1CCN(C(=O)COc2ccc(Cl)c3cccnc23)C1. The zero-order valence-corrected chi connectivity index (χ0v) is 15.4. The van der Waals surface area contributed by atoms with Crippen LogP contribution in [-0.4, -0.2) is 46.6 Å². The van der Waals surface area contributed by atoms with Crippen molar-refractivity contribution in [3.05, 3.63) is 35.5 Å². The topological polar surface area (TPSA) is 79.7 Å². The number of benzene rings is 1. The van der Waals surface area contributed by atoms with Gasteiger partial charge < -0.3 is 14.7 Å². The van der Waals surface area contributed by atoms with Gasteiger partial charge in [0.05, 0.1) is 10.9 Å². The van der Waals surface area contributed by atoms with Crippen LogP contribution in [-0.2, 0) is 9.59 Å². The first-order chi connectivity index (χ1) is 11.1. The lowest BCUT2D eigenvalue weighted by Crippen LogP contribution is -2.33. The smallest absolute Gasteiger partial charge is 0.308 e. The molecule has 1 N–H and O–H groups in total. The largest absolute Gasteiger partial charge is 0.481 e. The Morgan fingerprint density at radius 1 is 1.32 bits per heavy atom. The maximum Gasteiger partial charge on any atom is 0.308 e. The molecule has 0 bridgehead atoms. The van der Waals surface area contributed by atoms with Crippen molar-refractivity contribution in [1.29, 1.82) is 0 Å². The van der Waals surface area contributed by atoms with E-state index in [4.69, 9.17) is 21.4 Å². The summed E-state index contributed by atoms with van der Waals surface area (Å²) < 4.78 is 5.58. The number of pyridine rings is 1. The highest BCUT2D eigenvalue weighted by Gasteiger charge is 2.30. The Morgan fingerprint density at radius 2 is 2.08 bits per heavy atom. The number of hydrogen-bond acceptors (Lipinski definition) is 4. The van der Waals surface area contributed by atoms with Gasteiger partial charge in [-0.3, -0.25) is 14.6 Å². The second kappa shape index (κ2) is 9.08. The van der Waals surface area contributed by atoms with E-state index in [0.717, 1.165) is 5.39 Å². The van der Waals surface area contributed by atoms with E-state index < -0.39 is 11.9 Å². The van der Waals surface area contributed by atoms with Crippen molar-refractivity contribution >= 4 is 59.2 Å². The Bertz CT molecular complexity index is 772. The van der Waals surface area contributed by atoms with Gasteiger partial charge in [0.1, 0.15) is 11.3 Å². The van der Waals surface area contributed by atoms with E-state index >= 15 is 0 Å². The van der Waals surface area contributed by atoms with E-state index in [1.807, 2.05) is 6.07 Å². The van der Waals surface area contributed by atoms with Crippen molar-refractivity contribution in [3.8, 4) is 5.75 Å². The molecule has 6 nitrogen and oxygen atoms in total. The van der Waals surface area contributed by atoms with Gasteiger partial charge in [-0.15, -0.1) is 24.8 Å². The standard InChI is InChI=1S/C16H15ClN2O4.2ClH/c17-12-3-4-13(15-11(12)2-1-6-18-15)23-9-14(20)19-7-5-10(8-19)16(21)22;;/h1-4,6,10H,5,7-9H2,(H,21,22);2*1H. The molecule has 0 aliphatic carbocycles. The van der Waals surface area contributed by atoms with Crippen LogP contribution in [0.2, 0.25) is 5.02 Å². The molecule has 1 aliphatic heterocycles. The van der Waals surface area contributed by atoms with Gasteiger partial charge in [0.2, 0.25) is 0 Å². The molecule has 0 radical (unpaired) electrons. The highest BCUT2D eigenvalue weighted by atomic mass is 35.5. The van der Waals surface area contributed by atoms with Gasteiger partial charge in [-0.05, 0) is 30.7 Å². The number of halogens is 3. The number of aliphatic carboxylic acids is 1. The summed E-state index contributed by atoms with van der Waals surface area (Å²) in [6.07, 6.45) is 2.11. The van der Waals surface area contributed by atoms with Crippen LogP contribution in [0, 0.1) is 5.92 Å². The molecular weight excluding hydrogens is 391 g/mol. The number of carbonyl (C=O) groups excluding carboxylic acids is 1. The second-order valence-electron chi connectivity index (χ2n) is 5.40. The number of likely N-dealkylation sites (tertiary alicyclic amines) is 1. The minimum atomic E-state index is -0.867. The number of rotatable bonds is 4. The van der Waals surface area contributed by atoms with E-state index in [2.05, 4.69) is 4.98 Å². The molecule has 1 unspecified atom stereocenters. The summed E-state index contributed by atoms with van der Waals surface area (Å²) in [6.45, 7) is 0.523. The first kappa shape index (κ1) is 21.3. The Balaban J connectivity index is 0.00000156. The highest BCUT2D eigenvalue weighted by Crippen LogP contribution is 2.29. The summed E-state index contributed by atoms with van der Waals surface area (Å²) in [4.78, 5) is 28.8. The third-order valence-corrected chi connectivity index (χ3v) is 4.25. The fourth-order valence-corrected chi connectivity index (χ4v) is 2.86. The Hall–Kier alpha value is -1.76. The molecule has 2 aromatic rings. The van der Waals surface area contributed by atoms with Crippen molar-refractivity contribution in [1.82, 2.24) is 9.88 Å². The van der Waals surface area contributed by atoms with Crippen LogP contribution < -0.4 is 4.74 Å². The van der Waals surface area contributed by atoms with E-state index in [9.17, 15) is 9.59 Å². The zero-order valence-electron chi connectivity index (χ0n) is 13.1. The minimum absolute atomic E-state index is 0. The average molecular weight is 408 g/mol. The quantitative estimate of drug-likeness (QED) is 0.842. The monoisotopic (exact) mass is 406 g/mol. The van der Waals surface area contributed by atoms with E-state index in [0.29, 0.717) is 29.3 Å². The molecule has 2 heterocycles. The fraction of sp³-hybridized carbons (Fsp3) is 0.312. The molecule has 1 aromatic carbocycles. The first-order valence-electron chi connectivity index (χ1n) is 7.23. The number of carboxylic acids is 1. The van der Waals surface area contributed by atoms with E-state index in [-0.39, 0.29) is 43.9 Å². The first-order valence-corrected chi connectivity index (χ1v) is 7.60. The Kier molecular flexibility index (Phi) is 7.73. The number of hydrogen-bond donors (Lipinski definition) is 1. The van der Waals surface area contributed by atoms with Gasteiger partial charge in [0.25, 0.3) is 5.91 Å². The lowest BCUT2D eigenvalue weighted by Gasteiger charge is -2.16. The number of ether oxygens (including phenoxy) is 1. The summed E-state index contributed by atoms with van der Waals surface area (Å²) in [5, 5.41) is 10.3. The summed E-state index contributed by atoms with van der Waals surface area (Å²) in [5.74, 6) is -1.11. The summed E-state index contributed by atoms with van der Waals surface area (Å²) >= 11 is 6.11. The van der Waals surface area contributed by atoms with Crippen LogP contribution in [0.3, 0.4) is 0 Å². The Labute approximate surface area is 161 Å². The molecule has 25 heavy (non-hydrogen) atoms. The van der Waals surface area contributed by atoms with Crippen LogP contribution >= 0.6 is 36.4 Å². The van der Waals surface area contributed by atoms with Crippen molar-refractivity contribution < 1.29 is 19.4 Å². The van der Waals surface area contributed by atoms with Gasteiger partial charge in [-0.25, -0.2) is 0 Å². The van der Waals surface area contributed by atoms with Crippen molar-refractivity contribution in [2.24, 2.45) is 5.92 Å². The zero-order chi connectivity index (χ0) is 16.4. The van der Waals surface area contributed by atoms with Crippen molar-refractivity contribution in [2.75, 3.05) is 19.7 Å². The Morgan fingerprint density at radius 3 is 2.76 bits per heavy atom. The molecule has 1 atom stereocenters. The third kappa shape index (κ3) is 4.66.